The molecule has 16 heavy (non-hydrogen) atoms. The van der Waals surface area contributed by atoms with E-state index in [1.54, 1.807) is 0 Å². The normalized spacial score (nSPS) is 28.1. The smallest absolute Gasteiger partial charge is 0.00961 e. The predicted molar refractivity (Wildman–Crippen MR) is 69.7 cm³/mol. The van der Waals surface area contributed by atoms with E-state index >= 15 is 0 Å². The Morgan fingerprint density at radius 2 is 1.62 bits per heavy atom. The maximum Gasteiger partial charge on any atom is 0.00961 e. The number of rotatable bonds is 3. The molecule has 0 aliphatic carbocycles. The van der Waals surface area contributed by atoms with Crippen molar-refractivity contribution in [3.63, 3.8) is 0 Å². The van der Waals surface area contributed by atoms with E-state index in [1.165, 1.54) is 64.8 Å². The lowest BCUT2D eigenvalue weighted by Crippen LogP contribution is -2.45. The van der Waals surface area contributed by atoms with Gasteiger partial charge in [-0.1, -0.05) is 13.3 Å². The van der Waals surface area contributed by atoms with Crippen molar-refractivity contribution in [2.75, 3.05) is 32.7 Å². The number of likely N-dealkylation sites (tertiary alicyclic amines) is 2. The van der Waals surface area contributed by atoms with E-state index in [0.717, 1.165) is 12.0 Å². The van der Waals surface area contributed by atoms with Crippen LogP contribution in [0, 0.1) is 5.92 Å². The van der Waals surface area contributed by atoms with Gasteiger partial charge in [-0.15, -0.1) is 0 Å². The van der Waals surface area contributed by atoms with Crippen LogP contribution in [0.3, 0.4) is 0 Å². The van der Waals surface area contributed by atoms with E-state index in [-0.39, 0.29) is 0 Å². The van der Waals surface area contributed by atoms with Crippen LogP contribution in [-0.4, -0.2) is 48.6 Å². The Morgan fingerprint density at radius 3 is 2.19 bits per heavy atom. The number of hydrogen-bond donors (Lipinski definition) is 0. The summed E-state index contributed by atoms with van der Waals surface area (Å²) in [5, 5.41) is 0. The first-order valence-corrected chi connectivity index (χ1v) is 7.27. The summed E-state index contributed by atoms with van der Waals surface area (Å²) in [6, 6.07) is 0.833. The van der Waals surface area contributed by atoms with Crippen LogP contribution in [0.1, 0.15) is 46.0 Å². The highest BCUT2D eigenvalue weighted by Crippen LogP contribution is 2.25. The first-order chi connectivity index (χ1) is 7.81. The van der Waals surface area contributed by atoms with Gasteiger partial charge in [0.1, 0.15) is 0 Å². The van der Waals surface area contributed by atoms with Crippen molar-refractivity contribution in [1.82, 2.24) is 9.80 Å². The van der Waals surface area contributed by atoms with Gasteiger partial charge in [-0.2, -0.15) is 0 Å². The molecule has 2 heterocycles. The maximum absolute atomic E-state index is 2.75. The molecule has 0 spiro atoms. The Hall–Kier alpha value is -0.0800. The van der Waals surface area contributed by atoms with Crippen molar-refractivity contribution in [3.05, 3.63) is 0 Å². The second-order valence-electron chi connectivity index (χ2n) is 5.61. The summed E-state index contributed by atoms with van der Waals surface area (Å²) >= 11 is 0. The van der Waals surface area contributed by atoms with Crippen LogP contribution in [0.25, 0.3) is 0 Å². The summed E-state index contributed by atoms with van der Waals surface area (Å²) < 4.78 is 0. The average Bonchev–Trinajstić information content (AvgIpc) is 2.39. The lowest BCUT2D eigenvalue weighted by molar-refractivity contribution is 0.0846. The van der Waals surface area contributed by atoms with Crippen LogP contribution < -0.4 is 0 Å². The Labute approximate surface area is 101 Å². The summed E-state index contributed by atoms with van der Waals surface area (Å²) in [4.78, 5) is 5.34. The minimum Gasteiger partial charge on any atom is -0.304 e. The Kier molecular flexibility index (Phi) is 4.66. The summed E-state index contributed by atoms with van der Waals surface area (Å²) in [5.74, 6) is 0.959. The van der Waals surface area contributed by atoms with Gasteiger partial charge in [-0.25, -0.2) is 0 Å². The zero-order valence-electron chi connectivity index (χ0n) is 11.1. The molecule has 2 rings (SSSR count). The van der Waals surface area contributed by atoms with Gasteiger partial charge in [0.2, 0.25) is 0 Å². The minimum atomic E-state index is 0.833. The number of hydrogen-bond acceptors (Lipinski definition) is 2. The molecule has 0 radical (unpaired) electrons. The van der Waals surface area contributed by atoms with Gasteiger partial charge in [0.25, 0.3) is 0 Å². The van der Waals surface area contributed by atoms with E-state index in [0.29, 0.717) is 0 Å². The lowest BCUT2D eigenvalue weighted by Gasteiger charge is -2.41. The van der Waals surface area contributed by atoms with Crippen molar-refractivity contribution >= 4 is 0 Å². The topological polar surface area (TPSA) is 6.48 Å². The molecule has 2 aliphatic heterocycles. The molecule has 0 amide bonds. The van der Waals surface area contributed by atoms with Crippen LogP contribution in [-0.2, 0) is 0 Å². The molecule has 94 valence electrons. The molecule has 2 nitrogen and oxygen atoms in total. The van der Waals surface area contributed by atoms with E-state index in [9.17, 15) is 0 Å². The Balaban J connectivity index is 1.78. The third kappa shape index (κ3) is 2.98. The molecule has 0 saturated carbocycles. The molecule has 0 bridgehead atoms. The van der Waals surface area contributed by atoms with E-state index in [1.807, 2.05) is 0 Å². The first kappa shape index (κ1) is 12.4. The molecule has 2 heteroatoms. The van der Waals surface area contributed by atoms with Crippen molar-refractivity contribution in [3.8, 4) is 0 Å². The highest BCUT2D eigenvalue weighted by molar-refractivity contribution is 4.82. The zero-order chi connectivity index (χ0) is 11.4. The molecule has 0 aromatic carbocycles. The van der Waals surface area contributed by atoms with Gasteiger partial charge < -0.3 is 9.80 Å². The molecule has 0 N–H and O–H groups in total. The molecule has 2 saturated heterocycles. The maximum atomic E-state index is 2.75. The van der Waals surface area contributed by atoms with Gasteiger partial charge in [0.05, 0.1) is 0 Å². The van der Waals surface area contributed by atoms with Crippen LogP contribution >= 0.6 is 0 Å². The largest absolute Gasteiger partial charge is 0.304 e. The van der Waals surface area contributed by atoms with Crippen molar-refractivity contribution in [1.29, 1.82) is 0 Å². The van der Waals surface area contributed by atoms with E-state index in [2.05, 4.69) is 23.6 Å². The molecule has 0 aromatic rings. The van der Waals surface area contributed by atoms with Gasteiger partial charge >= 0.3 is 0 Å². The van der Waals surface area contributed by atoms with Crippen molar-refractivity contribution < 1.29 is 0 Å². The summed E-state index contributed by atoms with van der Waals surface area (Å²) in [7, 11) is 0. The van der Waals surface area contributed by atoms with E-state index < -0.39 is 0 Å². The lowest BCUT2D eigenvalue weighted by atomic mass is 9.88. The van der Waals surface area contributed by atoms with Crippen LogP contribution in [0.4, 0.5) is 0 Å². The second kappa shape index (κ2) is 6.02. The first-order valence-electron chi connectivity index (χ1n) is 7.27. The third-order valence-electron chi connectivity index (χ3n) is 4.73. The molecule has 2 aliphatic rings. The van der Waals surface area contributed by atoms with Gasteiger partial charge in [-0.05, 0) is 71.2 Å². The summed E-state index contributed by atoms with van der Waals surface area (Å²) in [6.07, 6.45) is 7.16. The SMILES string of the molecule is CCN1CCC(C(C)N2CCCCC2)CC1. The molecule has 0 aromatic heterocycles. The fraction of sp³-hybridized carbons (Fsp3) is 1.00. The van der Waals surface area contributed by atoms with Crippen molar-refractivity contribution in [2.45, 2.75) is 52.0 Å². The average molecular weight is 224 g/mol. The third-order valence-corrected chi connectivity index (χ3v) is 4.73. The number of piperidine rings is 2. The summed E-state index contributed by atoms with van der Waals surface area (Å²) in [5.41, 5.74) is 0. The standard InChI is InChI=1S/C14H28N2/c1-3-15-11-7-14(8-12-15)13(2)16-9-5-4-6-10-16/h13-14H,3-12H2,1-2H3. The van der Waals surface area contributed by atoms with E-state index in [4.69, 9.17) is 0 Å². The highest BCUT2D eigenvalue weighted by atomic mass is 15.2. The minimum absolute atomic E-state index is 0.833. The Morgan fingerprint density at radius 1 is 1.00 bits per heavy atom. The molecule has 1 atom stereocenters. The van der Waals surface area contributed by atoms with Crippen LogP contribution in [0.5, 0.6) is 0 Å². The molecule has 1 unspecified atom stereocenters. The summed E-state index contributed by atoms with van der Waals surface area (Å²) in [6.45, 7) is 11.4. The fourth-order valence-electron chi connectivity index (χ4n) is 3.38. The quantitative estimate of drug-likeness (QED) is 0.727. The predicted octanol–water partition coefficient (Wildman–Crippen LogP) is 2.59. The molecule has 2 fully saturated rings. The van der Waals surface area contributed by atoms with Crippen LogP contribution in [0.15, 0.2) is 0 Å². The Bertz CT molecular complexity index is 191. The monoisotopic (exact) mass is 224 g/mol. The fourth-order valence-corrected chi connectivity index (χ4v) is 3.38. The molecular weight excluding hydrogens is 196 g/mol. The van der Waals surface area contributed by atoms with Gasteiger partial charge in [0, 0.05) is 6.04 Å². The van der Waals surface area contributed by atoms with Crippen molar-refractivity contribution in [2.24, 2.45) is 5.92 Å². The zero-order valence-corrected chi connectivity index (χ0v) is 11.1. The van der Waals surface area contributed by atoms with Gasteiger partial charge in [0.15, 0.2) is 0 Å². The highest BCUT2D eigenvalue weighted by Gasteiger charge is 2.27. The van der Waals surface area contributed by atoms with Gasteiger partial charge in [-0.3, -0.25) is 0 Å². The second-order valence-corrected chi connectivity index (χ2v) is 5.61. The number of nitrogens with zero attached hydrogens (tertiary/aromatic N) is 2. The molecular formula is C14H28N2. The van der Waals surface area contributed by atoms with Crippen LogP contribution in [0.2, 0.25) is 0 Å².